The molecule has 2 aromatic rings. The lowest BCUT2D eigenvalue weighted by Crippen LogP contribution is -2.07. The third-order valence-corrected chi connectivity index (χ3v) is 4.23. The molecule has 0 amide bonds. The van der Waals surface area contributed by atoms with E-state index in [1.165, 1.54) is 11.1 Å². The molecular weight excluding hydrogens is 290 g/mol. The van der Waals surface area contributed by atoms with Crippen molar-refractivity contribution in [2.45, 2.75) is 27.3 Å². The Morgan fingerprint density at radius 3 is 2.56 bits per heavy atom. The predicted molar refractivity (Wildman–Crippen MR) is 78.2 cm³/mol. The second-order valence-corrected chi connectivity index (χ2v) is 5.34. The van der Waals surface area contributed by atoms with E-state index in [9.17, 15) is 0 Å². The molecule has 0 saturated carbocycles. The topological polar surface area (TPSA) is 29.9 Å². The van der Waals surface area contributed by atoms with E-state index in [2.05, 4.69) is 58.4 Å². The lowest BCUT2D eigenvalue weighted by Gasteiger charge is -2.10. The molecule has 0 radical (unpaired) electrons. The van der Waals surface area contributed by atoms with E-state index < -0.39 is 0 Å². The first-order valence-electron chi connectivity index (χ1n) is 6.00. The first-order chi connectivity index (χ1) is 8.54. The zero-order valence-corrected chi connectivity index (χ0v) is 12.8. The van der Waals surface area contributed by atoms with E-state index in [4.69, 9.17) is 0 Å². The first-order valence-corrected chi connectivity index (χ1v) is 6.80. The summed E-state index contributed by atoms with van der Waals surface area (Å²) < 4.78 is 3.09. The summed E-state index contributed by atoms with van der Waals surface area (Å²) in [5.74, 6) is 0. The Kier molecular flexibility index (Phi) is 3.88. The molecular formula is C14H18BrN3. The Balaban J connectivity index is 2.55. The highest BCUT2D eigenvalue weighted by Crippen LogP contribution is 2.25. The molecule has 4 heteroatoms. The quantitative estimate of drug-likeness (QED) is 0.943. The van der Waals surface area contributed by atoms with Crippen molar-refractivity contribution in [3.63, 3.8) is 0 Å². The molecule has 0 aliphatic rings. The Bertz CT molecular complexity index is 573. The third-order valence-electron chi connectivity index (χ3n) is 3.09. The molecule has 1 aromatic heterocycles. The van der Waals surface area contributed by atoms with Crippen LogP contribution in [0.5, 0.6) is 0 Å². The summed E-state index contributed by atoms with van der Waals surface area (Å²) >= 11 is 3.58. The van der Waals surface area contributed by atoms with Gasteiger partial charge < -0.3 is 5.32 Å². The lowest BCUT2D eigenvalue weighted by molar-refractivity contribution is 0.800. The fraction of sp³-hybridized carbons (Fsp3) is 0.357. The summed E-state index contributed by atoms with van der Waals surface area (Å²) in [5.41, 5.74) is 5.80. The standard InChI is InChI=1S/C14H18BrN3/c1-9-5-6-12(8-16-4)7-13(9)18-11(3)14(15)10(2)17-18/h5-7,16H,8H2,1-4H3. The van der Waals surface area contributed by atoms with Gasteiger partial charge >= 0.3 is 0 Å². The summed E-state index contributed by atoms with van der Waals surface area (Å²) in [4.78, 5) is 0. The van der Waals surface area contributed by atoms with Crippen molar-refractivity contribution in [1.82, 2.24) is 15.1 Å². The maximum absolute atomic E-state index is 4.59. The average molecular weight is 308 g/mol. The fourth-order valence-corrected chi connectivity index (χ4v) is 2.30. The van der Waals surface area contributed by atoms with E-state index in [0.29, 0.717) is 0 Å². The highest BCUT2D eigenvalue weighted by molar-refractivity contribution is 9.10. The van der Waals surface area contributed by atoms with Gasteiger partial charge in [0, 0.05) is 6.54 Å². The van der Waals surface area contributed by atoms with Crippen LogP contribution in [0.2, 0.25) is 0 Å². The molecule has 1 aromatic carbocycles. The molecule has 0 aliphatic carbocycles. The SMILES string of the molecule is CNCc1ccc(C)c(-n2nc(C)c(Br)c2C)c1. The molecule has 0 fully saturated rings. The molecule has 2 rings (SSSR count). The van der Waals surface area contributed by atoms with Gasteiger partial charge in [0.1, 0.15) is 0 Å². The Morgan fingerprint density at radius 2 is 2.00 bits per heavy atom. The molecule has 0 saturated heterocycles. The lowest BCUT2D eigenvalue weighted by atomic mass is 10.1. The van der Waals surface area contributed by atoms with Crippen LogP contribution in [0, 0.1) is 20.8 Å². The van der Waals surface area contributed by atoms with Gasteiger partial charge in [0.15, 0.2) is 0 Å². The predicted octanol–water partition coefficient (Wildman–Crippen LogP) is 3.28. The highest BCUT2D eigenvalue weighted by atomic mass is 79.9. The van der Waals surface area contributed by atoms with Crippen molar-refractivity contribution in [1.29, 1.82) is 0 Å². The van der Waals surface area contributed by atoms with E-state index in [-0.39, 0.29) is 0 Å². The summed E-state index contributed by atoms with van der Waals surface area (Å²) in [6, 6.07) is 6.49. The summed E-state index contributed by atoms with van der Waals surface area (Å²) in [6.45, 7) is 7.07. The zero-order valence-electron chi connectivity index (χ0n) is 11.2. The Labute approximate surface area is 116 Å². The van der Waals surface area contributed by atoms with Crippen LogP contribution in [0.3, 0.4) is 0 Å². The molecule has 3 nitrogen and oxygen atoms in total. The average Bonchev–Trinajstić information content (AvgIpc) is 2.60. The Morgan fingerprint density at radius 1 is 1.28 bits per heavy atom. The largest absolute Gasteiger partial charge is 0.316 e. The molecule has 0 spiro atoms. The summed E-state index contributed by atoms with van der Waals surface area (Å²) in [6.07, 6.45) is 0. The molecule has 0 unspecified atom stereocenters. The van der Waals surface area contributed by atoms with Crippen LogP contribution in [0.1, 0.15) is 22.5 Å². The van der Waals surface area contributed by atoms with Crippen molar-refractivity contribution in [3.05, 3.63) is 45.2 Å². The minimum Gasteiger partial charge on any atom is -0.316 e. The second kappa shape index (κ2) is 5.24. The fourth-order valence-electron chi connectivity index (χ4n) is 2.06. The number of hydrogen-bond acceptors (Lipinski definition) is 2. The molecule has 1 heterocycles. The molecule has 96 valence electrons. The van der Waals surface area contributed by atoms with Crippen molar-refractivity contribution in [2.24, 2.45) is 0 Å². The maximum atomic E-state index is 4.59. The van der Waals surface area contributed by atoms with Gasteiger partial charge in [-0.25, -0.2) is 4.68 Å². The summed E-state index contributed by atoms with van der Waals surface area (Å²) in [7, 11) is 1.96. The zero-order chi connectivity index (χ0) is 13.3. The minimum absolute atomic E-state index is 0.869. The minimum atomic E-state index is 0.869. The van der Waals surface area contributed by atoms with Crippen molar-refractivity contribution in [2.75, 3.05) is 7.05 Å². The molecule has 0 bridgehead atoms. The maximum Gasteiger partial charge on any atom is 0.0743 e. The van der Waals surface area contributed by atoms with Gasteiger partial charge in [0.05, 0.1) is 21.5 Å². The number of aryl methyl sites for hydroxylation is 2. The van der Waals surface area contributed by atoms with Gasteiger partial charge in [-0.1, -0.05) is 12.1 Å². The normalized spacial score (nSPS) is 10.9. The molecule has 0 aliphatic heterocycles. The number of aromatic nitrogens is 2. The van der Waals surface area contributed by atoms with Crippen LogP contribution in [0.25, 0.3) is 5.69 Å². The number of hydrogen-bond donors (Lipinski definition) is 1. The van der Waals surface area contributed by atoms with Gasteiger partial charge in [-0.05, 0) is 60.9 Å². The number of nitrogens with zero attached hydrogens (tertiary/aromatic N) is 2. The van der Waals surface area contributed by atoms with Crippen LogP contribution in [0.15, 0.2) is 22.7 Å². The van der Waals surface area contributed by atoms with E-state index in [1.807, 2.05) is 18.7 Å². The third kappa shape index (κ3) is 2.35. The first kappa shape index (κ1) is 13.3. The van der Waals surface area contributed by atoms with Crippen molar-refractivity contribution < 1.29 is 0 Å². The Hall–Kier alpha value is -1.13. The summed E-state index contributed by atoms with van der Waals surface area (Å²) in [5, 5.41) is 7.77. The molecule has 18 heavy (non-hydrogen) atoms. The van der Waals surface area contributed by atoms with Crippen molar-refractivity contribution >= 4 is 15.9 Å². The van der Waals surface area contributed by atoms with Gasteiger partial charge in [-0.3, -0.25) is 0 Å². The van der Waals surface area contributed by atoms with Gasteiger partial charge in [-0.15, -0.1) is 0 Å². The smallest absolute Gasteiger partial charge is 0.0743 e. The van der Waals surface area contributed by atoms with Crippen LogP contribution in [-0.2, 0) is 6.54 Å². The van der Waals surface area contributed by atoms with E-state index >= 15 is 0 Å². The number of benzene rings is 1. The van der Waals surface area contributed by atoms with E-state index in [0.717, 1.165) is 28.1 Å². The number of nitrogens with one attached hydrogen (secondary N) is 1. The second-order valence-electron chi connectivity index (χ2n) is 4.55. The van der Waals surface area contributed by atoms with E-state index in [1.54, 1.807) is 0 Å². The molecule has 0 atom stereocenters. The molecule has 1 N–H and O–H groups in total. The van der Waals surface area contributed by atoms with Gasteiger partial charge in [0.25, 0.3) is 0 Å². The van der Waals surface area contributed by atoms with Crippen LogP contribution in [0.4, 0.5) is 0 Å². The number of halogens is 1. The highest BCUT2D eigenvalue weighted by Gasteiger charge is 2.12. The van der Waals surface area contributed by atoms with Crippen LogP contribution in [-0.4, -0.2) is 16.8 Å². The van der Waals surface area contributed by atoms with Crippen LogP contribution < -0.4 is 5.32 Å². The van der Waals surface area contributed by atoms with Crippen LogP contribution >= 0.6 is 15.9 Å². The monoisotopic (exact) mass is 307 g/mol. The van der Waals surface area contributed by atoms with Crippen molar-refractivity contribution in [3.8, 4) is 5.69 Å². The van der Waals surface area contributed by atoms with Gasteiger partial charge in [0.2, 0.25) is 0 Å². The van der Waals surface area contributed by atoms with Gasteiger partial charge in [-0.2, -0.15) is 5.10 Å². The number of rotatable bonds is 3.